The van der Waals surface area contributed by atoms with E-state index in [1.54, 1.807) is 55.6 Å². The maximum atomic E-state index is 12.3. The van der Waals surface area contributed by atoms with Crippen LogP contribution < -0.4 is 15.4 Å². The molecule has 2 amide bonds. The number of benzene rings is 2. The second-order valence-corrected chi connectivity index (χ2v) is 6.72. The number of hydrogen-bond donors (Lipinski definition) is 2. The number of anilines is 2. The lowest BCUT2D eigenvalue weighted by molar-refractivity contribution is -0.119. The number of carbonyl (C=O) groups excluding carboxylic acids is 2. The Bertz CT molecular complexity index is 805. The number of morpholine rings is 1. The van der Waals surface area contributed by atoms with Gasteiger partial charge in [-0.3, -0.25) is 14.5 Å². The zero-order valence-corrected chi connectivity index (χ0v) is 16.1. The third kappa shape index (κ3) is 5.55. The van der Waals surface area contributed by atoms with Crippen LogP contribution in [0.3, 0.4) is 0 Å². The number of ether oxygens (including phenoxy) is 2. The molecule has 0 radical (unpaired) electrons. The van der Waals surface area contributed by atoms with Crippen molar-refractivity contribution in [2.45, 2.75) is 13.0 Å². The minimum atomic E-state index is -0.217. The fourth-order valence-electron chi connectivity index (χ4n) is 3.02. The molecule has 2 N–H and O–H groups in total. The Kier molecular flexibility index (Phi) is 6.62. The van der Waals surface area contributed by atoms with Crippen LogP contribution in [-0.4, -0.2) is 56.2 Å². The van der Waals surface area contributed by atoms with Gasteiger partial charge in [-0.25, -0.2) is 0 Å². The number of amides is 2. The minimum Gasteiger partial charge on any atom is -0.497 e. The van der Waals surface area contributed by atoms with E-state index < -0.39 is 0 Å². The van der Waals surface area contributed by atoms with E-state index >= 15 is 0 Å². The summed E-state index contributed by atoms with van der Waals surface area (Å²) in [4.78, 5) is 26.6. The molecular weight excluding hydrogens is 358 g/mol. The predicted molar refractivity (Wildman–Crippen MR) is 108 cm³/mol. The number of carbonyl (C=O) groups is 2. The van der Waals surface area contributed by atoms with Crippen molar-refractivity contribution in [2.75, 3.05) is 44.0 Å². The number of rotatable bonds is 6. The summed E-state index contributed by atoms with van der Waals surface area (Å²) in [6.45, 7) is 4.47. The molecule has 1 heterocycles. The van der Waals surface area contributed by atoms with Crippen molar-refractivity contribution in [3.8, 4) is 5.75 Å². The minimum absolute atomic E-state index is 0.0791. The van der Waals surface area contributed by atoms with Gasteiger partial charge in [-0.2, -0.15) is 0 Å². The van der Waals surface area contributed by atoms with Crippen molar-refractivity contribution in [2.24, 2.45) is 0 Å². The van der Waals surface area contributed by atoms with Gasteiger partial charge >= 0.3 is 0 Å². The van der Waals surface area contributed by atoms with Gasteiger partial charge in [-0.05, 0) is 55.5 Å². The second kappa shape index (κ2) is 9.34. The topological polar surface area (TPSA) is 79.9 Å². The Morgan fingerprint density at radius 2 is 1.71 bits per heavy atom. The molecule has 7 heteroatoms. The molecule has 148 valence electrons. The second-order valence-electron chi connectivity index (χ2n) is 6.72. The predicted octanol–water partition coefficient (Wildman–Crippen LogP) is 2.61. The maximum absolute atomic E-state index is 12.3. The third-order valence-electron chi connectivity index (χ3n) is 4.47. The summed E-state index contributed by atoms with van der Waals surface area (Å²) in [5.41, 5.74) is 1.85. The maximum Gasteiger partial charge on any atom is 0.255 e. The summed E-state index contributed by atoms with van der Waals surface area (Å²) >= 11 is 0. The van der Waals surface area contributed by atoms with E-state index in [1.165, 1.54) is 0 Å². The quantitative estimate of drug-likeness (QED) is 0.802. The van der Waals surface area contributed by atoms with E-state index in [-0.39, 0.29) is 17.9 Å². The van der Waals surface area contributed by atoms with E-state index in [0.29, 0.717) is 30.1 Å². The first-order valence-electron chi connectivity index (χ1n) is 9.23. The Hall–Kier alpha value is -2.90. The van der Waals surface area contributed by atoms with Gasteiger partial charge in [0.15, 0.2) is 0 Å². The summed E-state index contributed by atoms with van der Waals surface area (Å²) in [5, 5.41) is 5.69. The van der Waals surface area contributed by atoms with Crippen molar-refractivity contribution >= 4 is 23.2 Å². The van der Waals surface area contributed by atoms with Gasteiger partial charge in [-0.15, -0.1) is 0 Å². The molecule has 1 saturated heterocycles. The van der Waals surface area contributed by atoms with Crippen molar-refractivity contribution in [1.82, 2.24) is 4.90 Å². The monoisotopic (exact) mass is 383 g/mol. The van der Waals surface area contributed by atoms with Crippen LogP contribution in [-0.2, 0) is 9.53 Å². The highest BCUT2D eigenvalue weighted by atomic mass is 16.5. The van der Waals surface area contributed by atoms with E-state index in [0.717, 1.165) is 18.8 Å². The molecule has 1 atom stereocenters. The van der Waals surface area contributed by atoms with Crippen LogP contribution in [0.15, 0.2) is 48.5 Å². The average molecular weight is 383 g/mol. The SMILES string of the molecule is COc1ccc(NC(=O)c2ccc(NC(=O)CN3CCOC(C)C3)cc2)cc1. The van der Waals surface area contributed by atoms with E-state index in [4.69, 9.17) is 9.47 Å². The van der Waals surface area contributed by atoms with Crippen molar-refractivity contribution < 1.29 is 19.1 Å². The average Bonchev–Trinajstić information content (AvgIpc) is 2.69. The number of hydrogen-bond acceptors (Lipinski definition) is 5. The molecule has 0 bridgehead atoms. The number of nitrogens with zero attached hydrogens (tertiary/aromatic N) is 1. The van der Waals surface area contributed by atoms with Crippen molar-refractivity contribution in [3.05, 3.63) is 54.1 Å². The molecule has 2 aromatic rings. The zero-order chi connectivity index (χ0) is 19.9. The lowest BCUT2D eigenvalue weighted by atomic mass is 10.2. The summed E-state index contributed by atoms with van der Waals surface area (Å²) in [7, 11) is 1.59. The van der Waals surface area contributed by atoms with Crippen LogP contribution in [0, 0.1) is 0 Å². The highest BCUT2D eigenvalue weighted by Gasteiger charge is 2.19. The first kappa shape index (κ1) is 19.9. The Morgan fingerprint density at radius 3 is 2.36 bits per heavy atom. The summed E-state index contributed by atoms with van der Waals surface area (Å²) in [5.74, 6) is 0.430. The van der Waals surface area contributed by atoms with Gasteiger partial charge in [0.1, 0.15) is 5.75 Å². The largest absolute Gasteiger partial charge is 0.497 e. The molecule has 0 spiro atoms. The first-order chi connectivity index (χ1) is 13.5. The molecule has 0 aromatic heterocycles. The number of methoxy groups -OCH3 is 1. The fourth-order valence-corrected chi connectivity index (χ4v) is 3.02. The molecule has 0 aliphatic carbocycles. The summed E-state index contributed by atoms with van der Waals surface area (Å²) in [6.07, 6.45) is 0.144. The molecule has 0 saturated carbocycles. The number of nitrogens with one attached hydrogen (secondary N) is 2. The van der Waals surface area contributed by atoms with Crippen LogP contribution in [0.2, 0.25) is 0 Å². The van der Waals surface area contributed by atoms with Crippen LogP contribution >= 0.6 is 0 Å². The Morgan fingerprint density at radius 1 is 1.07 bits per heavy atom. The molecule has 7 nitrogen and oxygen atoms in total. The van der Waals surface area contributed by atoms with Crippen LogP contribution in [0.4, 0.5) is 11.4 Å². The van der Waals surface area contributed by atoms with Gasteiger partial charge in [0.25, 0.3) is 5.91 Å². The standard InChI is InChI=1S/C21H25N3O4/c1-15-13-24(11-12-28-15)14-20(25)22-17-5-3-16(4-6-17)21(26)23-18-7-9-19(27-2)10-8-18/h3-10,15H,11-14H2,1-2H3,(H,22,25)(H,23,26). The third-order valence-corrected chi connectivity index (χ3v) is 4.47. The highest BCUT2D eigenvalue weighted by molar-refractivity contribution is 6.04. The van der Waals surface area contributed by atoms with E-state index in [2.05, 4.69) is 15.5 Å². The molecule has 2 aromatic carbocycles. The van der Waals surface area contributed by atoms with Crippen molar-refractivity contribution in [1.29, 1.82) is 0 Å². The molecule has 1 unspecified atom stereocenters. The lowest BCUT2D eigenvalue weighted by Gasteiger charge is -2.30. The molecular formula is C21H25N3O4. The van der Waals surface area contributed by atoms with Gasteiger partial charge in [0, 0.05) is 30.0 Å². The van der Waals surface area contributed by atoms with Gasteiger partial charge in [0.2, 0.25) is 5.91 Å². The molecule has 3 rings (SSSR count). The summed E-state index contributed by atoms with van der Waals surface area (Å²) < 4.78 is 10.6. The molecule has 28 heavy (non-hydrogen) atoms. The smallest absolute Gasteiger partial charge is 0.255 e. The zero-order valence-electron chi connectivity index (χ0n) is 16.1. The van der Waals surface area contributed by atoms with Gasteiger partial charge in [-0.1, -0.05) is 0 Å². The lowest BCUT2D eigenvalue weighted by Crippen LogP contribution is -2.44. The first-order valence-corrected chi connectivity index (χ1v) is 9.23. The Labute approximate surface area is 164 Å². The van der Waals surface area contributed by atoms with Crippen molar-refractivity contribution in [3.63, 3.8) is 0 Å². The van der Waals surface area contributed by atoms with Gasteiger partial charge < -0.3 is 20.1 Å². The van der Waals surface area contributed by atoms with Crippen LogP contribution in [0.25, 0.3) is 0 Å². The van der Waals surface area contributed by atoms with E-state index in [1.807, 2.05) is 6.92 Å². The normalized spacial score (nSPS) is 17.0. The fraction of sp³-hybridized carbons (Fsp3) is 0.333. The van der Waals surface area contributed by atoms with Gasteiger partial charge in [0.05, 0.1) is 26.4 Å². The highest BCUT2D eigenvalue weighted by Crippen LogP contribution is 2.17. The molecule has 1 aliphatic rings. The summed E-state index contributed by atoms with van der Waals surface area (Å²) in [6, 6.07) is 13.9. The molecule has 1 fully saturated rings. The van der Waals surface area contributed by atoms with Crippen LogP contribution in [0.1, 0.15) is 17.3 Å². The van der Waals surface area contributed by atoms with E-state index in [9.17, 15) is 9.59 Å². The molecule has 1 aliphatic heterocycles. The van der Waals surface area contributed by atoms with Crippen LogP contribution in [0.5, 0.6) is 5.75 Å². The Balaban J connectivity index is 1.52.